The molecule has 0 spiro atoms. The van der Waals surface area contributed by atoms with Crippen molar-refractivity contribution in [1.29, 1.82) is 0 Å². The molecule has 4 rings (SSSR count). The molecule has 0 unspecified atom stereocenters. The van der Waals surface area contributed by atoms with Gasteiger partial charge in [0.15, 0.2) is 11.5 Å². The average Bonchev–Trinajstić information content (AvgIpc) is 3.04. The number of methoxy groups -OCH3 is 2. The van der Waals surface area contributed by atoms with E-state index in [1.807, 2.05) is 6.07 Å². The van der Waals surface area contributed by atoms with E-state index in [-0.39, 0.29) is 0 Å². The second-order valence-electron chi connectivity index (χ2n) is 6.74. The molecule has 2 aromatic carbocycles. The maximum Gasteiger partial charge on any atom is 0.163 e. The van der Waals surface area contributed by atoms with Crippen LogP contribution in [0.3, 0.4) is 0 Å². The molecule has 0 saturated carbocycles. The Balaban J connectivity index is 1.85. The van der Waals surface area contributed by atoms with Crippen LogP contribution in [0.5, 0.6) is 11.5 Å². The van der Waals surface area contributed by atoms with Gasteiger partial charge in [0, 0.05) is 24.6 Å². The van der Waals surface area contributed by atoms with Crippen LogP contribution >= 0.6 is 0 Å². The van der Waals surface area contributed by atoms with Crippen LogP contribution in [-0.2, 0) is 6.42 Å². The van der Waals surface area contributed by atoms with Crippen LogP contribution in [0.1, 0.15) is 30.3 Å². The van der Waals surface area contributed by atoms with E-state index in [1.165, 1.54) is 5.56 Å². The van der Waals surface area contributed by atoms with Crippen molar-refractivity contribution in [3.05, 3.63) is 53.9 Å². The van der Waals surface area contributed by atoms with Gasteiger partial charge in [0.05, 0.1) is 25.3 Å². The minimum absolute atomic E-state index is 0.457. The second kappa shape index (κ2) is 7.38. The Kier molecular flexibility index (Phi) is 4.80. The third-order valence-electron chi connectivity index (χ3n) is 5.15. The minimum atomic E-state index is 0.457. The molecule has 2 heterocycles. The van der Waals surface area contributed by atoms with Gasteiger partial charge in [0.2, 0.25) is 0 Å². The summed E-state index contributed by atoms with van der Waals surface area (Å²) in [6, 6.07) is 15.0. The van der Waals surface area contributed by atoms with E-state index in [9.17, 15) is 0 Å². The Morgan fingerprint density at radius 3 is 2.42 bits per heavy atom. The number of fused-ring (bicyclic) bond motifs is 1. The topological polar surface area (TPSA) is 48.3 Å². The number of benzene rings is 2. The number of hydrogen-bond acceptors (Lipinski definition) is 4. The Bertz CT molecular complexity index is 883. The highest BCUT2D eigenvalue weighted by molar-refractivity contribution is 5.81. The molecule has 0 bridgehead atoms. The van der Waals surface area contributed by atoms with Crippen molar-refractivity contribution in [2.45, 2.75) is 25.3 Å². The fourth-order valence-electron chi connectivity index (χ4n) is 3.85. The normalized spacial score (nSPS) is 15.3. The van der Waals surface area contributed by atoms with Crippen molar-refractivity contribution >= 4 is 11.0 Å². The molecule has 0 radical (unpaired) electrons. The van der Waals surface area contributed by atoms with Crippen molar-refractivity contribution in [1.82, 2.24) is 14.9 Å². The molecular formula is C21H25N3O2. The number of piperidine rings is 1. The number of nitrogens with one attached hydrogen (secondary N) is 1. The molecule has 1 aliphatic heterocycles. The summed E-state index contributed by atoms with van der Waals surface area (Å²) in [5.41, 5.74) is 3.37. The van der Waals surface area contributed by atoms with Gasteiger partial charge in [-0.3, -0.25) is 0 Å². The third-order valence-corrected chi connectivity index (χ3v) is 5.15. The maximum atomic E-state index is 5.54. The molecule has 0 atom stereocenters. The molecule has 136 valence electrons. The first kappa shape index (κ1) is 16.9. The van der Waals surface area contributed by atoms with E-state index >= 15 is 0 Å². The zero-order valence-corrected chi connectivity index (χ0v) is 15.4. The van der Waals surface area contributed by atoms with Gasteiger partial charge < -0.3 is 19.4 Å². The maximum absolute atomic E-state index is 5.54. The van der Waals surface area contributed by atoms with Crippen LogP contribution in [0.4, 0.5) is 0 Å². The molecule has 0 amide bonds. The molecule has 26 heavy (non-hydrogen) atoms. The summed E-state index contributed by atoms with van der Waals surface area (Å²) in [5, 5.41) is 3.46. The minimum Gasteiger partial charge on any atom is -0.493 e. The first-order valence-corrected chi connectivity index (χ1v) is 9.17. The van der Waals surface area contributed by atoms with Crippen LogP contribution in [0.15, 0.2) is 42.5 Å². The lowest BCUT2D eigenvalue weighted by Crippen LogP contribution is -2.30. The fourth-order valence-corrected chi connectivity index (χ4v) is 3.85. The molecule has 1 saturated heterocycles. The van der Waals surface area contributed by atoms with Crippen molar-refractivity contribution in [2.24, 2.45) is 0 Å². The lowest BCUT2D eigenvalue weighted by atomic mass is 10.1. The summed E-state index contributed by atoms with van der Waals surface area (Å²) in [6.07, 6.45) is 3.05. The van der Waals surface area contributed by atoms with Gasteiger partial charge in [0.1, 0.15) is 5.82 Å². The summed E-state index contributed by atoms with van der Waals surface area (Å²) < 4.78 is 13.4. The van der Waals surface area contributed by atoms with E-state index in [0.29, 0.717) is 6.04 Å². The summed E-state index contributed by atoms with van der Waals surface area (Å²) >= 11 is 0. The van der Waals surface area contributed by atoms with Crippen LogP contribution in [0, 0.1) is 0 Å². The number of nitrogens with zero attached hydrogens (tertiary/aromatic N) is 2. The summed E-state index contributed by atoms with van der Waals surface area (Å²) in [5.74, 6) is 2.58. The fraction of sp³-hybridized carbons (Fsp3) is 0.381. The smallest absolute Gasteiger partial charge is 0.163 e. The van der Waals surface area contributed by atoms with Gasteiger partial charge in [0.25, 0.3) is 0 Å². The largest absolute Gasteiger partial charge is 0.493 e. The highest BCUT2D eigenvalue weighted by Crippen LogP contribution is 2.35. The van der Waals surface area contributed by atoms with E-state index in [1.54, 1.807) is 14.2 Å². The number of ether oxygens (including phenoxy) is 2. The molecule has 1 aromatic heterocycles. The standard InChI is InChI=1S/C21H25N3O2/c1-25-19-13-17-18(14-20(19)26-2)24(16-8-10-22-11-9-16)21(23-17)12-15-6-4-3-5-7-15/h3-7,13-14,16,22H,8-12H2,1-2H3. The Morgan fingerprint density at radius 2 is 1.73 bits per heavy atom. The van der Waals surface area contributed by atoms with E-state index in [4.69, 9.17) is 14.5 Å². The predicted octanol–water partition coefficient (Wildman–Crippen LogP) is 3.57. The first-order chi connectivity index (χ1) is 12.8. The van der Waals surface area contributed by atoms with Crippen molar-refractivity contribution in [3.63, 3.8) is 0 Å². The molecule has 1 fully saturated rings. The van der Waals surface area contributed by atoms with Crippen LogP contribution in [0.2, 0.25) is 0 Å². The molecule has 0 aliphatic carbocycles. The van der Waals surface area contributed by atoms with Gasteiger partial charge in [-0.15, -0.1) is 0 Å². The van der Waals surface area contributed by atoms with Gasteiger partial charge in [-0.05, 0) is 31.5 Å². The lowest BCUT2D eigenvalue weighted by molar-refractivity contribution is 0.354. The first-order valence-electron chi connectivity index (χ1n) is 9.17. The molecule has 5 heteroatoms. The van der Waals surface area contributed by atoms with Crippen LogP contribution in [-0.4, -0.2) is 36.9 Å². The quantitative estimate of drug-likeness (QED) is 0.763. The van der Waals surface area contributed by atoms with Gasteiger partial charge >= 0.3 is 0 Å². The lowest BCUT2D eigenvalue weighted by Gasteiger charge is -2.26. The van der Waals surface area contributed by atoms with E-state index in [2.05, 4.69) is 46.3 Å². The van der Waals surface area contributed by atoms with Crippen LogP contribution in [0.25, 0.3) is 11.0 Å². The highest BCUT2D eigenvalue weighted by atomic mass is 16.5. The Labute approximate surface area is 153 Å². The zero-order chi connectivity index (χ0) is 17.9. The summed E-state index contributed by atoms with van der Waals surface area (Å²) in [6.45, 7) is 2.09. The zero-order valence-electron chi connectivity index (χ0n) is 15.4. The molecule has 5 nitrogen and oxygen atoms in total. The molecule has 1 aliphatic rings. The predicted molar refractivity (Wildman–Crippen MR) is 103 cm³/mol. The second-order valence-corrected chi connectivity index (χ2v) is 6.74. The monoisotopic (exact) mass is 351 g/mol. The molecule has 3 aromatic rings. The van der Waals surface area contributed by atoms with E-state index < -0.39 is 0 Å². The van der Waals surface area contributed by atoms with Crippen LogP contribution < -0.4 is 14.8 Å². The average molecular weight is 351 g/mol. The van der Waals surface area contributed by atoms with Gasteiger partial charge in [-0.1, -0.05) is 30.3 Å². The number of aromatic nitrogens is 2. The molecule has 1 N–H and O–H groups in total. The van der Waals surface area contributed by atoms with E-state index in [0.717, 1.165) is 60.7 Å². The Hall–Kier alpha value is -2.53. The molecular weight excluding hydrogens is 326 g/mol. The summed E-state index contributed by atoms with van der Waals surface area (Å²) in [4.78, 5) is 4.97. The van der Waals surface area contributed by atoms with Crippen molar-refractivity contribution in [3.8, 4) is 11.5 Å². The third kappa shape index (κ3) is 3.15. The Morgan fingerprint density at radius 1 is 1.04 bits per heavy atom. The summed E-state index contributed by atoms with van der Waals surface area (Å²) in [7, 11) is 3.35. The SMILES string of the molecule is COc1cc2nc(Cc3ccccc3)n(C3CCNCC3)c2cc1OC. The number of imidazole rings is 1. The van der Waals surface area contributed by atoms with Gasteiger partial charge in [-0.25, -0.2) is 4.98 Å². The van der Waals surface area contributed by atoms with Crippen molar-refractivity contribution in [2.75, 3.05) is 27.3 Å². The number of hydrogen-bond donors (Lipinski definition) is 1. The van der Waals surface area contributed by atoms with Crippen molar-refractivity contribution < 1.29 is 9.47 Å². The highest BCUT2D eigenvalue weighted by Gasteiger charge is 2.23. The number of rotatable bonds is 5. The van der Waals surface area contributed by atoms with Gasteiger partial charge in [-0.2, -0.15) is 0 Å².